The van der Waals surface area contributed by atoms with Crippen molar-refractivity contribution in [3.8, 4) is 11.3 Å². The van der Waals surface area contributed by atoms with Crippen LogP contribution in [0.4, 0.5) is 16.4 Å². The van der Waals surface area contributed by atoms with Gasteiger partial charge in [-0.25, -0.2) is 9.78 Å². The van der Waals surface area contributed by atoms with Crippen LogP contribution in [0.25, 0.3) is 11.3 Å². The predicted octanol–water partition coefficient (Wildman–Crippen LogP) is 3.36. The normalized spacial score (nSPS) is 11.1. The van der Waals surface area contributed by atoms with E-state index >= 15 is 0 Å². The Kier molecular flexibility index (Phi) is 4.35. The zero-order valence-electron chi connectivity index (χ0n) is 13.4. The van der Waals surface area contributed by atoms with E-state index in [1.807, 2.05) is 0 Å². The maximum atomic E-state index is 12.0. The maximum Gasteiger partial charge on any atom is 0.416 e. The fourth-order valence-corrected chi connectivity index (χ4v) is 1.83. The fraction of sp³-hybridized carbons (Fsp3) is 0.333. The molecule has 1 aromatic heterocycles. The van der Waals surface area contributed by atoms with Crippen molar-refractivity contribution in [3.05, 3.63) is 40.6 Å². The first kappa shape index (κ1) is 16.5. The number of nitrogens with one attached hydrogen (secondary N) is 1. The Hall–Kier alpha value is -2.90. The lowest BCUT2D eigenvalue weighted by atomic mass is 10.1. The van der Waals surface area contributed by atoms with Gasteiger partial charge in [-0.1, -0.05) is 12.1 Å². The van der Waals surface area contributed by atoms with E-state index in [-0.39, 0.29) is 5.69 Å². The number of nitrogens with zero attached hydrogens (tertiary/aromatic N) is 3. The van der Waals surface area contributed by atoms with Gasteiger partial charge < -0.3 is 9.72 Å². The Labute approximate surface area is 133 Å². The molecule has 2 aromatic rings. The first-order chi connectivity index (χ1) is 10.7. The second-order valence-electron chi connectivity index (χ2n) is 5.97. The van der Waals surface area contributed by atoms with Gasteiger partial charge in [0.05, 0.1) is 16.8 Å². The third-order valence-electron chi connectivity index (χ3n) is 2.92. The number of imidazole rings is 1. The molecule has 8 nitrogen and oxygen atoms in total. The van der Waals surface area contributed by atoms with Crippen LogP contribution in [0.5, 0.6) is 0 Å². The molecule has 0 atom stereocenters. The number of carbonyl (C=O) groups excluding carboxylic acids is 1. The highest BCUT2D eigenvalue weighted by Gasteiger charge is 2.22. The molecule has 1 N–H and O–H groups in total. The molecule has 0 radical (unpaired) electrons. The van der Waals surface area contributed by atoms with Gasteiger partial charge in [-0.15, -0.1) is 0 Å². The van der Waals surface area contributed by atoms with Gasteiger partial charge in [0.2, 0.25) is 5.95 Å². The van der Waals surface area contributed by atoms with E-state index in [1.54, 1.807) is 32.9 Å². The Morgan fingerprint density at radius 3 is 2.70 bits per heavy atom. The van der Waals surface area contributed by atoms with Gasteiger partial charge in [0.15, 0.2) is 0 Å². The number of aromatic amines is 1. The zero-order chi connectivity index (χ0) is 17.2. The Morgan fingerprint density at radius 2 is 2.09 bits per heavy atom. The summed E-state index contributed by atoms with van der Waals surface area (Å²) in [5.41, 5.74) is 0.551. The summed E-state index contributed by atoms with van der Waals surface area (Å²) >= 11 is 0. The van der Waals surface area contributed by atoms with E-state index in [4.69, 9.17) is 4.74 Å². The molecule has 0 aliphatic rings. The molecule has 8 heteroatoms. The smallest absolute Gasteiger partial charge is 0.416 e. The summed E-state index contributed by atoms with van der Waals surface area (Å²) in [6.45, 7) is 5.32. The minimum absolute atomic E-state index is 0.0147. The highest BCUT2D eigenvalue weighted by molar-refractivity contribution is 5.85. The van der Waals surface area contributed by atoms with Gasteiger partial charge in [0.1, 0.15) is 5.60 Å². The lowest BCUT2D eigenvalue weighted by Gasteiger charge is -2.23. The van der Waals surface area contributed by atoms with Crippen LogP contribution in [0.3, 0.4) is 0 Å². The second kappa shape index (κ2) is 6.07. The number of nitro benzene ring substituents is 1. The number of carbonyl (C=O) groups is 1. The van der Waals surface area contributed by atoms with Crippen molar-refractivity contribution in [2.45, 2.75) is 26.4 Å². The number of aromatic nitrogens is 2. The molecule has 1 aromatic carbocycles. The average molecular weight is 318 g/mol. The van der Waals surface area contributed by atoms with Crippen molar-refractivity contribution < 1.29 is 14.5 Å². The van der Waals surface area contributed by atoms with Crippen LogP contribution in [0.2, 0.25) is 0 Å². The minimum Gasteiger partial charge on any atom is -0.443 e. The lowest BCUT2D eigenvalue weighted by molar-refractivity contribution is -0.384. The molecule has 0 unspecified atom stereocenters. The highest BCUT2D eigenvalue weighted by atomic mass is 16.6. The largest absolute Gasteiger partial charge is 0.443 e. The summed E-state index contributed by atoms with van der Waals surface area (Å²) in [6.07, 6.45) is 0.965. The first-order valence-corrected chi connectivity index (χ1v) is 6.94. The van der Waals surface area contributed by atoms with Gasteiger partial charge in [0, 0.05) is 24.7 Å². The van der Waals surface area contributed by atoms with Crippen molar-refractivity contribution in [2.75, 3.05) is 11.9 Å². The molecule has 2 rings (SSSR count). The maximum absolute atomic E-state index is 12.0. The van der Waals surface area contributed by atoms with E-state index in [2.05, 4.69) is 9.97 Å². The minimum atomic E-state index is -0.610. The predicted molar refractivity (Wildman–Crippen MR) is 85.3 cm³/mol. The van der Waals surface area contributed by atoms with E-state index in [0.717, 1.165) is 0 Å². The summed E-state index contributed by atoms with van der Waals surface area (Å²) in [7, 11) is 1.53. The molecule has 0 saturated heterocycles. The van der Waals surface area contributed by atoms with Gasteiger partial charge in [-0.2, -0.15) is 0 Å². The summed E-state index contributed by atoms with van der Waals surface area (Å²) in [5.74, 6) is 0.292. The first-order valence-electron chi connectivity index (χ1n) is 6.94. The molecule has 0 aliphatic carbocycles. The Bertz CT molecular complexity index is 733. The van der Waals surface area contributed by atoms with Crippen molar-refractivity contribution in [3.63, 3.8) is 0 Å². The van der Waals surface area contributed by atoms with Crippen LogP contribution in [0.15, 0.2) is 30.5 Å². The second-order valence-corrected chi connectivity index (χ2v) is 5.97. The SMILES string of the molecule is CN(C(=O)OC(C)(C)C)c1ncc(-c2cccc([N+](=O)[O-])c2)[nH]1. The third kappa shape index (κ3) is 4.06. The molecule has 0 saturated carbocycles. The molecular formula is C15H18N4O4. The van der Waals surface area contributed by atoms with Crippen molar-refractivity contribution in [2.24, 2.45) is 0 Å². The van der Waals surface area contributed by atoms with Crippen molar-refractivity contribution in [1.29, 1.82) is 0 Å². The van der Waals surface area contributed by atoms with E-state index in [1.165, 1.54) is 30.3 Å². The molecule has 0 bridgehead atoms. The number of non-ortho nitro benzene ring substituents is 1. The molecule has 122 valence electrons. The van der Waals surface area contributed by atoms with Crippen LogP contribution < -0.4 is 4.90 Å². The van der Waals surface area contributed by atoms with Gasteiger partial charge >= 0.3 is 6.09 Å². The summed E-state index contributed by atoms with van der Waals surface area (Å²) in [4.78, 5) is 30.7. The van der Waals surface area contributed by atoms with Gasteiger partial charge in [-0.3, -0.25) is 15.0 Å². The lowest BCUT2D eigenvalue weighted by Crippen LogP contribution is -2.34. The standard InChI is InChI=1S/C15H18N4O4/c1-15(2,3)23-14(20)18(4)13-16-9-12(17-13)10-6-5-7-11(8-10)19(21)22/h5-9H,1-4H3,(H,16,17). The highest BCUT2D eigenvalue weighted by Crippen LogP contribution is 2.24. The summed E-state index contributed by atoms with van der Waals surface area (Å²) < 4.78 is 5.26. The van der Waals surface area contributed by atoms with Crippen LogP contribution >= 0.6 is 0 Å². The number of H-pyrrole nitrogens is 1. The zero-order valence-corrected chi connectivity index (χ0v) is 13.4. The molecule has 0 fully saturated rings. The summed E-state index contributed by atoms with van der Waals surface area (Å²) in [6, 6.07) is 6.15. The van der Waals surface area contributed by atoms with Crippen LogP contribution in [0, 0.1) is 10.1 Å². The Balaban J connectivity index is 2.22. The topological polar surface area (TPSA) is 101 Å². The number of hydrogen-bond acceptors (Lipinski definition) is 5. The quantitative estimate of drug-likeness (QED) is 0.690. The fourth-order valence-electron chi connectivity index (χ4n) is 1.83. The average Bonchev–Trinajstić information content (AvgIpc) is 2.94. The molecule has 0 spiro atoms. The summed E-state index contributed by atoms with van der Waals surface area (Å²) in [5, 5.41) is 10.8. The van der Waals surface area contributed by atoms with Crippen LogP contribution in [0.1, 0.15) is 20.8 Å². The molecule has 23 heavy (non-hydrogen) atoms. The monoisotopic (exact) mass is 318 g/mol. The van der Waals surface area contributed by atoms with Gasteiger partial charge in [0.25, 0.3) is 5.69 Å². The van der Waals surface area contributed by atoms with E-state index < -0.39 is 16.6 Å². The molecular weight excluding hydrogens is 300 g/mol. The number of hydrogen-bond donors (Lipinski definition) is 1. The number of ether oxygens (including phenoxy) is 1. The molecule has 0 aliphatic heterocycles. The molecule has 1 heterocycles. The van der Waals surface area contributed by atoms with Crippen molar-refractivity contribution >= 4 is 17.7 Å². The number of amides is 1. The van der Waals surface area contributed by atoms with Crippen LogP contribution in [-0.4, -0.2) is 33.6 Å². The number of benzene rings is 1. The molecule has 1 amide bonds. The number of anilines is 1. The van der Waals surface area contributed by atoms with Crippen LogP contribution in [-0.2, 0) is 4.74 Å². The number of nitro groups is 1. The van der Waals surface area contributed by atoms with E-state index in [9.17, 15) is 14.9 Å². The van der Waals surface area contributed by atoms with Crippen molar-refractivity contribution in [1.82, 2.24) is 9.97 Å². The van der Waals surface area contributed by atoms with E-state index in [0.29, 0.717) is 17.2 Å². The number of rotatable bonds is 3. The third-order valence-corrected chi connectivity index (χ3v) is 2.92. The van der Waals surface area contributed by atoms with Gasteiger partial charge in [-0.05, 0) is 20.8 Å². The Morgan fingerprint density at radius 1 is 1.39 bits per heavy atom.